The average molecular weight is 388 g/mol. The summed E-state index contributed by atoms with van der Waals surface area (Å²) >= 11 is 0. The van der Waals surface area contributed by atoms with Gasteiger partial charge in [0.25, 0.3) is 5.91 Å². The molecule has 0 bridgehead atoms. The molecule has 0 spiro atoms. The molecular formula is C21H33N5O2. The number of nitrogens with zero attached hydrogens (tertiary/aromatic N) is 3. The number of hydrogen-bond donors (Lipinski definition) is 2. The van der Waals surface area contributed by atoms with Gasteiger partial charge >= 0.3 is 6.03 Å². The van der Waals surface area contributed by atoms with Crippen molar-refractivity contribution in [1.82, 2.24) is 9.80 Å². The Hall–Kier alpha value is -2.28. The Bertz CT molecular complexity index is 677. The van der Waals surface area contributed by atoms with E-state index in [2.05, 4.69) is 22.0 Å². The fourth-order valence-corrected chi connectivity index (χ4v) is 4.17. The van der Waals surface area contributed by atoms with Gasteiger partial charge in [-0.05, 0) is 44.0 Å². The van der Waals surface area contributed by atoms with Crippen LogP contribution < -0.4 is 16.0 Å². The molecule has 0 saturated carbocycles. The van der Waals surface area contributed by atoms with Gasteiger partial charge in [-0.15, -0.1) is 0 Å². The molecule has 3 amide bonds. The molecule has 0 unspecified atom stereocenters. The van der Waals surface area contributed by atoms with Gasteiger partial charge in [0.15, 0.2) is 0 Å². The van der Waals surface area contributed by atoms with Gasteiger partial charge in [0.1, 0.15) is 0 Å². The number of amides is 3. The summed E-state index contributed by atoms with van der Waals surface area (Å²) in [6.45, 7) is 8.54. The van der Waals surface area contributed by atoms with Crippen molar-refractivity contribution in [1.29, 1.82) is 0 Å². The minimum Gasteiger partial charge on any atom is -0.371 e. The van der Waals surface area contributed by atoms with Gasteiger partial charge in [0.2, 0.25) is 0 Å². The molecule has 7 nitrogen and oxygen atoms in total. The van der Waals surface area contributed by atoms with E-state index in [0.29, 0.717) is 5.69 Å². The number of piperazine rings is 1. The number of nitrogens with two attached hydrogens (primary N) is 1. The summed E-state index contributed by atoms with van der Waals surface area (Å²) in [4.78, 5) is 31.3. The van der Waals surface area contributed by atoms with Crippen LogP contribution in [0.15, 0.2) is 18.2 Å². The van der Waals surface area contributed by atoms with Crippen molar-refractivity contribution in [2.24, 2.45) is 5.73 Å². The van der Waals surface area contributed by atoms with E-state index in [1.54, 1.807) is 6.07 Å². The molecule has 7 heteroatoms. The highest BCUT2D eigenvalue weighted by molar-refractivity contribution is 6.01. The molecule has 3 rings (SSSR count). The zero-order chi connectivity index (χ0) is 19.9. The fraction of sp³-hybridized carbons (Fsp3) is 0.619. The van der Waals surface area contributed by atoms with Crippen LogP contribution in [-0.4, -0.2) is 67.6 Å². The second-order valence-corrected chi connectivity index (χ2v) is 7.76. The first kappa shape index (κ1) is 20.5. The quantitative estimate of drug-likeness (QED) is 0.814. The van der Waals surface area contributed by atoms with Gasteiger partial charge in [-0.1, -0.05) is 19.8 Å². The Labute approximate surface area is 167 Å². The van der Waals surface area contributed by atoms with E-state index in [4.69, 9.17) is 5.73 Å². The Morgan fingerprint density at radius 1 is 1.00 bits per heavy atom. The highest BCUT2D eigenvalue weighted by Crippen LogP contribution is 2.29. The standard InChI is InChI=1S/C21H33N5O2/c1-2-9-24-12-14-26(15-13-24)20(27)18-8-7-17(23-21(22)28)16-19(18)25-10-5-3-4-6-11-25/h7-8,16H,2-6,9-15H2,1H3,(H3,22,23,28). The van der Waals surface area contributed by atoms with Gasteiger partial charge in [0.05, 0.1) is 11.3 Å². The van der Waals surface area contributed by atoms with E-state index in [1.807, 2.05) is 17.0 Å². The first-order valence-electron chi connectivity index (χ1n) is 10.6. The number of carbonyl (C=O) groups excluding carboxylic acids is 2. The molecule has 1 aromatic rings. The van der Waals surface area contributed by atoms with Gasteiger partial charge in [-0.25, -0.2) is 4.79 Å². The molecule has 0 aromatic heterocycles. The Morgan fingerprint density at radius 3 is 2.29 bits per heavy atom. The third-order valence-electron chi connectivity index (χ3n) is 5.64. The second kappa shape index (κ2) is 9.78. The molecule has 0 atom stereocenters. The molecular weight excluding hydrogens is 354 g/mol. The van der Waals surface area contributed by atoms with Crippen LogP contribution in [0.1, 0.15) is 49.4 Å². The van der Waals surface area contributed by atoms with Crippen LogP contribution in [-0.2, 0) is 0 Å². The summed E-state index contributed by atoms with van der Waals surface area (Å²) < 4.78 is 0. The second-order valence-electron chi connectivity index (χ2n) is 7.76. The number of hydrogen-bond acceptors (Lipinski definition) is 4. The Morgan fingerprint density at radius 2 is 1.68 bits per heavy atom. The predicted octanol–water partition coefficient (Wildman–Crippen LogP) is 2.73. The SMILES string of the molecule is CCCN1CCN(C(=O)c2ccc(NC(N)=O)cc2N2CCCCCC2)CC1. The minimum atomic E-state index is -0.590. The van der Waals surface area contributed by atoms with Crippen LogP contribution in [0.25, 0.3) is 0 Å². The lowest BCUT2D eigenvalue weighted by atomic mass is 10.1. The third kappa shape index (κ3) is 5.16. The first-order valence-corrected chi connectivity index (χ1v) is 10.6. The highest BCUT2D eigenvalue weighted by Gasteiger charge is 2.25. The van der Waals surface area contributed by atoms with Crippen molar-refractivity contribution < 1.29 is 9.59 Å². The Kier molecular flexibility index (Phi) is 7.14. The van der Waals surface area contributed by atoms with Crippen LogP contribution in [0.4, 0.5) is 16.2 Å². The molecule has 28 heavy (non-hydrogen) atoms. The lowest BCUT2D eigenvalue weighted by molar-refractivity contribution is 0.0638. The lowest BCUT2D eigenvalue weighted by Crippen LogP contribution is -2.49. The maximum Gasteiger partial charge on any atom is 0.316 e. The summed E-state index contributed by atoms with van der Waals surface area (Å²) in [5.41, 5.74) is 7.56. The van der Waals surface area contributed by atoms with E-state index < -0.39 is 6.03 Å². The van der Waals surface area contributed by atoms with Gasteiger partial charge in [-0.3, -0.25) is 9.69 Å². The first-order chi connectivity index (χ1) is 13.6. The normalized spacial score (nSPS) is 18.6. The van der Waals surface area contributed by atoms with Gasteiger partial charge in [0, 0.05) is 45.0 Å². The Balaban J connectivity index is 1.82. The van der Waals surface area contributed by atoms with Gasteiger partial charge in [-0.2, -0.15) is 0 Å². The van der Waals surface area contributed by atoms with E-state index in [1.165, 1.54) is 12.8 Å². The summed E-state index contributed by atoms with van der Waals surface area (Å²) in [5, 5.41) is 2.65. The molecule has 2 fully saturated rings. The smallest absolute Gasteiger partial charge is 0.316 e. The molecule has 1 aromatic carbocycles. The lowest BCUT2D eigenvalue weighted by Gasteiger charge is -2.35. The molecule has 154 valence electrons. The molecule has 2 heterocycles. The van der Waals surface area contributed by atoms with Crippen LogP contribution in [0.2, 0.25) is 0 Å². The number of urea groups is 1. The summed E-state index contributed by atoms with van der Waals surface area (Å²) in [5.74, 6) is 0.0843. The van der Waals surface area contributed by atoms with E-state index in [0.717, 1.165) is 76.3 Å². The van der Waals surface area contributed by atoms with Crippen LogP contribution >= 0.6 is 0 Å². The van der Waals surface area contributed by atoms with Gasteiger partial charge < -0.3 is 20.9 Å². The number of rotatable bonds is 5. The minimum absolute atomic E-state index is 0.0843. The third-order valence-corrected chi connectivity index (χ3v) is 5.64. The van der Waals surface area contributed by atoms with Crippen molar-refractivity contribution in [3.8, 4) is 0 Å². The van der Waals surface area contributed by atoms with Crippen LogP contribution in [0.3, 0.4) is 0 Å². The molecule has 3 N–H and O–H groups in total. The largest absolute Gasteiger partial charge is 0.371 e. The highest BCUT2D eigenvalue weighted by atomic mass is 16.2. The average Bonchev–Trinajstić information content (AvgIpc) is 2.97. The molecule has 2 aliphatic heterocycles. The maximum atomic E-state index is 13.3. The van der Waals surface area contributed by atoms with Crippen molar-refractivity contribution in [2.75, 3.05) is 56.0 Å². The number of benzene rings is 1. The summed E-state index contributed by atoms with van der Waals surface area (Å²) in [6, 6.07) is 4.92. The van der Waals surface area contributed by atoms with E-state index >= 15 is 0 Å². The van der Waals surface area contributed by atoms with Crippen molar-refractivity contribution >= 4 is 23.3 Å². The van der Waals surface area contributed by atoms with Crippen LogP contribution in [0, 0.1) is 0 Å². The number of anilines is 2. The number of carbonyl (C=O) groups is 2. The zero-order valence-corrected chi connectivity index (χ0v) is 17.0. The fourth-order valence-electron chi connectivity index (χ4n) is 4.17. The van der Waals surface area contributed by atoms with Crippen molar-refractivity contribution in [2.45, 2.75) is 39.0 Å². The number of nitrogens with one attached hydrogen (secondary N) is 1. The van der Waals surface area contributed by atoms with E-state index in [-0.39, 0.29) is 5.91 Å². The van der Waals surface area contributed by atoms with E-state index in [9.17, 15) is 9.59 Å². The number of primary amides is 1. The molecule has 2 saturated heterocycles. The summed E-state index contributed by atoms with van der Waals surface area (Å²) in [6.07, 6.45) is 5.83. The monoisotopic (exact) mass is 387 g/mol. The van der Waals surface area contributed by atoms with Crippen molar-refractivity contribution in [3.05, 3.63) is 23.8 Å². The predicted molar refractivity (Wildman–Crippen MR) is 113 cm³/mol. The molecule has 0 aliphatic carbocycles. The summed E-state index contributed by atoms with van der Waals surface area (Å²) in [7, 11) is 0. The zero-order valence-electron chi connectivity index (χ0n) is 17.0. The molecule has 0 radical (unpaired) electrons. The topological polar surface area (TPSA) is 81.9 Å². The molecule has 2 aliphatic rings. The maximum absolute atomic E-state index is 13.3. The van der Waals surface area contributed by atoms with Crippen LogP contribution in [0.5, 0.6) is 0 Å². The van der Waals surface area contributed by atoms with Crippen molar-refractivity contribution in [3.63, 3.8) is 0 Å².